The van der Waals surface area contributed by atoms with Crippen molar-refractivity contribution in [1.82, 2.24) is 20.0 Å². The van der Waals surface area contributed by atoms with Gasteiger partial charge in [-0.15, -0.1) is 10.2 Å². The second kappa shape index (κ2) is 13.5. The van der Waals surface area contributed by atoms with Crippen LogP contribution in [0.25, 0.3) is 32.3 Å². The molecule has 2 aliphatic heterocycles. The molecule has 0 N–H and O–H groups in total. The minimum atomic E-state index is -0.204. The molecule has 0 radical (unpaired) electrons. The van der Waals surface area contributed by atoms with Gasteiger partial charge in [0.25, 0.3) is 0 Å². The van der Waals surface area contributed by atoms with Crippen LogP contribution in [0.4, 0.5) is 0 Å². The first-order valence-electron chi connectivity index (χ1n) is 17.6. The van der Waals surface area contributed by atoms with E-state index in [9.17, 15) is 0 Å². The summed E-state index contributed by atoms with van der Waals surface area (Å²) in [4.78, 5) is 4.91. The van der Waals surface area contributed by atoms with Gasteiger partial charge in [-0.1, -0.05) is 110 Å². The lowest BCUT2D eigenvalue weighted by atomic mass is 9.90. The molecule has 6 heteroatoms. The Morgan fingerprint density at radius 2 is 0.896 bits per heavy atom. The number of ether oxygens (including phenoxy) is 2. The van der Waals surface area contributed by atoms with Crippen molar-refractivity contribution < 1.29 is 9.47 Å². The largest absolute Gasteiger partial charge is 0.466 e. The fourth-order valence-electron chi connectivity index (χ4n) is 8.13. The van der Waals surface area contributed by atoms with Gasteiger partial charge in [-0.3, -0.25) is 9.80 Å². The Balaban J connectivity index is 1.21. The van der Waals surface area contributed by atoms with E-state index < -0.39 is 0 Å². The molecule has 48 heavy (non-hydrogen) atoms. The molecule has 0 saturated carbocycles. The molecule has 0 amide bonds. The summed E-state index contributed by atoms with van der Waals surface area (Å²) in [5.41, 5.74) is 2.38. The Morgan fingerprint density at radius 3 is 1.33 bits per heavy atom. The third-order valence-electron chi connectivity index (χ3n) is 10.7. The predicted molar refractivity (Wildman–Crippen MR) is 195 cm³/mol. The second-order valence-corrected chi connectivity index (χ2v) is 13.7. The number of piperidine rings is 2. The van der Waals surface area contributed by atoms with Crippen molar-refractivity contribution in [3.05, 3.63) is 120 Å². The number of fused-ring (bicyclic) bond motifs is 3. The highest BCUT2D eigenvalue weighted by Gasteiger charge is 2.35. The van der Waals surface area contributed by atoms with Gasteiger partial charge in [0.15, 0.2) is 0 Å². The van der Waals surface area contributed by atoms with Gasteiger partial charge < -0.3 is 9.47 Å². The summed E-state index contributed by atoms with van der Waals surface area (Å²) in [6.07, 6.45) is 6.51. The van der Waals surface area contributed by atoms with Crippen LogP contribution >= 0.6 is 0 Å². The average molecular weight is 637 g/mol. The number of hydrogen-bond acceptors (Lipinski definition) is 6. The molecular formula is C42H44N4O2. The zero-order chi connectivity index (χ0) is 32.5. The third-order valence-corrected chi connectivity index (χ3v) is 10.7. The van der Waals surface area contributed by atoms with E-state index in [4.69, 9.17) is 19.7 Å². The summed E-state index contributed by atoms with van der Waals surface area (Å²) in [7, 11) is 4.45. The third kappa shape index (κ3) is 5.88. The van der Waals surface area contributed by atoms with E-state index in [1.54, 1.807) is 0 Å². The quantitative estimate of drug-likeness (QED) is 0.166. The van der Waals surface area contributed by atoms with Crippen molar-refractivity contribution in [1.29, 1.82) is 0 Å². The Labute approximate surface area is 283 Å². The van der Waals surface area contributed by atoms with Gasteiger partial charge in [-0.25, -0.2) is 0 Å². The summed E-state index contributed by atoms with van der Waals surface area (Å²) in [5.74, 6) is 1.10. The van der Waals surface area contributed by atoms with Gasteiger partial charge in [0.2, 0.25) is 11.8 Å². The van der Waals surface area contributed by atoms with Gasteiger partial charge in [0, 0.05) is 11.1 Å². The molecule has 4 atom stereocenters. The molecule has 0 bridgehead atoms. The number of rotatable bonds is 8. The van der Waals surface area contributed by atoms with E-state index in [1.165, 1.54) is 58.4 Å². The summed E-state index contributed by atoms with van der Waals surface area (Å²) in [6.45, 7) is 2.11. The number of benzene rings is 5. The molecule has 5 aromatic carbocycles. The van der Waals surface area contributed by atoms with Gasteiger partial charge in [0.05, 0.1) is 22.9 Å². The van der Waals surface area contributed by atoms with E-state index >= 15 is 0 Å². The Bertz CT molecular complexity index is 1890. The maximum Gasteiger partial charge on any atom is 0.242 e. The van der Waals surface area contributed by atoms with Crippen LogP contribution in [0.15, 0.2) is 109 Å². The van der Waals surface area contributed by atoms with Crippen LogP contribution in [-0.4, -0.2) is 59.3 Å². The van der Waals surface area contributed by atoms with Crippen LogP contribution in [0.3, 0.4) is 0 Å². The first-order valence-corrected chi connectivity index (χ1v) is 17.6. The van der Waals surface area contributed by atoms with Gasteiger partial charge in [-0.2, -0.15) is 0 Å². The fourth-order valence-corrected chi connectivity index (χ4v) is 8.13. The Kier molecular flexibility index (Phi) is 8.68. The standard InChI is InChI=1S/C42H44N4O2/c1-45-27-11-9-25-37(45)39(33-23-13-17-29-15-3-5-19-31(29)33)47-41-35-21-7-8-22-36(35)42(44-43-41)48-40(38-26-10-12-28-46(38)2)34-24-14-18-30-16-4-6-20-32(30)34/h3-8,13-24,37-40H,9-12,25-28H2,1-2H3/t37-,38-,39-,40-/m0/s1. The smallest absolute Gasteiger partial charge is 0.242 e. The van der Waals surface area contributed by atoms with E-state index in [0.29, 0.717) is 11.8 Å². The Hall–Kier alpha value is -4.52. The maximum absolute atomic E-state index is 7.09. The number of aromatic nitrogens is 2. The van der Waals surface area contributed by atoms with Gasteiger partial charge >= 0.3 is 0 Å². The number of nitrogens with zero attached hydrogens (tertiary/aromatic N) is 4. The van der Waals surface area contributed by atoms with Crippen LogP contribution in [0, 0.1) is 0 Å². The summed E-state index contributed by atoms with van der Waals surface area (Å²) < 4.78 is 14.2. The van der Waals surface area contributed by atoms with Gasteiger partial charge in [-0.05, 0) is 86.5 Å². The van der Waals surface area contributed by atoms with Crippen LogP contribution in [0.2, 0.25) is 0 Å². The van der Waals surface area contributed by atoms with Crippen LogP contribution in [0.5, 0.6) is 11.8 Å². The molecule has 0 unspecified atom stereocenters. The number of likely N-dealkylation sites (N-methyl/N-ethyl adjacent to an activating group) is 2. The van der Waals surface area contributed by atoms with Crippen molar-refractivity contribution in [2.45, 2.75) is 62.8 Å². The zero-order valence-corrected chi connectivity index (χ0v) is 28.0. The summed E-state index contributed by atoms with van der Waals surface area (Å²) >= 11 is 0. The number of likely N-dealkylation sites (tertiary alicyclic amines) is 2. The van der Waals surface area contributed by atoms with E-state index in [0.717, 1.165) is 36.7 Å². The minimum absolute atomic E-state index is 0.204. The molecule has 244 valence electrons. The van der Waals surface area contributed by atoms with Gasteiger partial charge in [0.1, 0.15) is 12.2 Å². The SMILES string of the molecule is CN1CCCC[C@H]1[C@@H](Oc1nnc(O[C@@H](c2cccc3ccccc23)[C@@H]2CCCCN2C)c2ccccc12)c1cccc2ccccc12. The molecule has 0 spiro atoms. The lowest BCUT2D eigenvalue weighted by Crippen LogP contribution is -2.42. The van der Waals surface area contributed by atoms with Crippen LogP contribution in [-0.2, 0) is 0 Å². The molecule has 2 saturated heterocycles. The molecule has 0 aliphatic carbocycles. The lowest BCUT2D eigenvalue weighted by molar-refractivity contribution is 0.0512. The molecule has 1 aromatic heterocycles. The maximum atomic E-state index is 7.09. The highest BCUT2D eigenvalue weighted by molar-refractivity contribution is 5.91. The second-order valence-electron chi connectivity index (χ2n) is 13.7. The molecule has 8 rings (SSSR count). The first-order chi connectivity index (χ1) is 23.7. The molecular weight excluding hydrogens is 592 g/mol. The van der Waals surface area contributed by atoms with Crippen molar-refractivity contribution in [2.75, 3.05) is 27.2 Å². The monoisotopic (exact) mass is 636 g/mol. The fraction of sp³-hybridized carbons (Fsp3) is 0.333. The minimum Gasteiger partial charge on any atom is -0.466 e. The topological polar surface area (TPSA) is 50.7 Å². The normalized spacial score (nSPS) is 20.5. The van der Waals surface area contributed by atoms with E-state index in [-0.39, 0.29) is 24.3 Å². The molecule has 6 aromatic rings. The first kappa shape index (κ1) is 30.8. The lowest BCUT2D eigenvalue weighted by Gasteiger charge is -2.39. The molecule has 3 heterocycles. The predicted octanol–water partition coefficient (Wildman–Crippen LogP) is 9.15. The van der Waals surface area contributed by atoms with Crippen LogP contribution in [0.1, 0.15) is 61.9 Å². The van der Waals surface area contributed by atoms with Crippen molar-refractivity contribution in [2.24, 2.45) is 0 Å². The average Bonchev–Trinajstić information content (AvgIpc) is 3.14. The molecule has 2 fully saturated rings. The highest BCUT2D eigenvalue weighted by Crippen LogP contribution is 2.41. The van der Waals surface area contributed by atoms with Crippen LogP contribution < -0.4 is 9.47 Å². The zero-order valence-electron chi connectivity index (χ0n) is 28.0. The molecule has 6 nitrogen and oxygen atoms in total. The van der Waals surface area contributed by atoms with E-state index in [1.807, 2.05) is 0 Å². The van der Waals surface area contributed by atoms with Crippen molar-refractivity contribution in [3.63, 3.8) is 0 Å². The molecule has 2 aliphatic rings. The van der Waals surface area contributed by atoms with Crippen molar-refractivity contribution >= 4 is 32.3 Å². The van der Waals surface area contributed by atoms with Crippen molar-refractivity contribution in [3.8, 4) is 11.8 Å². The summed E-state index contributed by atoms with van der Waals surface area (Å²) in [5, 5.41) is 16.3. The Morgan fingerprint density at radius 1 is 0.500 bits per heavy atom. The summed E-state index contributed by atoms with van der Waals surface area (Å²) in [6, 6.07) is 39.0. The number of hydrogen-bond donors (Lipinski definition) is 0. The highest BCUT2D eigenvalue weighted by atomic mass is 16.5. The van der Waals surface area contributed by atoms with E-state index in [2.05, 4.69) is 133 Å².